The Hall–Kier alpha value is -0.390. The van der Waals surface area contributed by atoms with Crippen LogP contribution in [0.1, 0.15) is 30.1 Å². The predicted molar refractivity (Wildman–Crippen MR) is 82.4 cm³/mol. The van der Waals surface area contributed by atoms with Crippen LogP contribution < -0.4 is 0 Å². The molecule has 0 radical (unpaired) electrons. The molecule has 1 heterocycles. The average Bonchev–Trinajstić information content (AvgIpc) is 2.39. The number of hydrogen-bond donors (Lipinski definition) is 0. The Bertz CT molecular complexity index is 457. The fourth-order valence-electron chi connectivity index (χ4n) is 2.29. The van der Waals surface area contributed by atoms with E-state index in [9.17, 15) is 4.79 Å². The molecule has 0 unspecified atom stereocenters. The summed E-state index contributed by atoms with van der Waals surface area (Å²) in [5, 5.41) is 0. The van der Waals surface area contributed by atoms with Gasteiger partial charge in [-0.1, -0.05) is 15.9 Å². The van der Waals surface area contributed by atoms with Crippen molar-refractivity contribution in [2.24, 2.45) is 0 Å². The molecule has 0 aromatic heterocycles. The van der Waals surface area contributed by atoms with Crippen molar-refractivity contribution in [1.29, 1.82) is 0 Å². The molecular weight excluding hydrogens is 374 g/mol. The molecule has 0 bridgehead atoms. The zero-order valence-electron chi connectivity index (χ0n) is 10.9. The van der Waals surface area contributed by atoms with Crippen LogP contribution in [0.5, 0.6) is 0 Å². The van der Waals surface area contributed by atoms with Crippen molar-refractivity contribution in [3.8, 4) is 0 Å². The van der Waals surface area contributed by atoms with Gasteiger partial charge in [0.25, 0.3) is 5.91 Å². The van der Waals surface area contributed by atoms with E-state index in [2.05, 4.69) is 31.9 Å². The first-order valence-corrected chi connectivity index (χ1v) is 8.06. The van der Waals surface area contributed by atoms with Gasteiger partial charge in [0.2, 0.25) is 0 Å². The minimum absolute atomic E-state index is 0.0920. The van der Waals surface area contributed by atoms with Crippen molar-refractivity contribution in [2.45, 2.75) is 25.9 Å². The lowest BCUT2D eigenvalue weighted by molar-refractivity contribution is 0.0146. The van der Waals surface area contributed by atoms with Gasteiger partial charge in [0.15, 0.2) is 0 Å². The number of carbonyl (C=O) groups is 1. The van der Waals surface area contributed by atoms with Crippen LogP contribution in [-0.4, -0.2) is 36.6 Å². The number of benzene rings is 1. The number of hydrogen-bond acceptors (Lipinski definition) is 2. The molecule has 3 nitrogen and oxygen atoms in total. The number of likely N-dealkylation sites (tertiary alicyclic amines) is 1. The molecule has 0 N–H and O–H groups in total. The van der Waals surface area contributed by atoms with Crippen LogP contribution in [0, 0.1) is 0 Å². The standard InChI is InChI=1S/C14H17Br2NO2/c1-2-19-11-5-7-17(8-6-11)14(18)12-4-3-10(15)9-13(12)16/h3-4,9,11H,2,5-8H2,1H3. The second kappa shape index (κ2) is 6.86. The van der Waals surface area contributed by atoms with E-state index in [0.29, 0.717) is 6.10 Å². The highest BCUT2D eigenvalue weighted by molar-refractivity contribution is 9.11. The van der Waals surface area contributed by atoms with Gasteiger partial charge in [-0.05, 0) is 53.9 Å². The van der Waals surface area contributed by atoms with Crippen LogP contribution in [-0.2, 0) is 4.74 Å². The Kier molecular flexibility index (Phi) is 5.42. The molecule has 1 amide bonds. The minimum atomic E-state index is 0.0920. The van der Waals surface area contributed by atoms with E-state index in [-0.39, 0.29) is 5.91 Å². The van der Waals surface area contributed by atoms with Crippen molar-refractivity contribution < 1.29 is 9.53 Å². The fourth-order valence-corrected chi connectivity index (χ4v) is 3.51. The zero-order valence-corrected chi connectivity index (χ0v) is 14.0. The lowest BCUT2D eigenvalue weighted by Gasteiger charge is -2.32. The van der Waals surface area contributed by atoms with Crippen molar-refractivity contribution >= 4 is 37.8 Å². The van der Waals surface area contributed by atoms with Crippen LogP contribution >= 0.6 is 31.9 Å². The molecule has 0 aliphatic carbocycles. The maximum Gasteiger partial charge on any atom is 0.255 e. The monoisotopic (exact) mass is 389 g/mol. The highest BCUT2D eigenvalue weighted by Crippen LogP contribution is 2.24. The molecule has 1 aliphatic heterocycles. The first-order valence-electron chi connectivity index (χ1n) is 6.47. The van der Waals surface area contributed by atoms with E-state index in [4.69, 9.17) is 4.74 Å². The van der Waals surface area contributed by atoms with Crippen LogP contribution in [0.4, 0.5) is 0 Å². The number of ether oxygens (including phenoxy) is 1. The largest absolute Gasteiger partial charge is 0.378 e. The summed E-state index contributed by atoms with van der Waals surface area (Å²) in [6.07, 6.45) is 2.16. The Labute approximate surface area is 130 Å². The molecule has 5 heteroatoms. The van der Waals surface area contributed by atoms with Gasteiger partial charge in [0, 0.05) is 28.6 Å². The molecule has 2 rings (SSSR count). The second-order valence-corrected chi connectivity index (χ2v) is 6.34. The lowest BCUT2D eigenvalue weighted by atomic mass is 10.1. The predicted octanol–water partition coefficient (Wildman–Crippen LogP) is 3.85. The van der Waals surface area contributed by atoms with Gasteiger partial charge in [0.1, 0.15) is 0 Å². The normalized spacial score (nSPS) is 16.7. The van der Waals surface area contributed by atoms with Crippen molar-refractivity contribution in [2.75, 3.05) is 19.7 Å². The Balaban J connectivity index is 2.01. The Morgan fingerprint density at radius 3 is 2.63 bits per heavy atom. The molecule has 104 valence electrons. The van der Waals surface area contributed by atoms with E-state index in [0.717, 1.165) is 47.0 Å². The number of amides is 1. The van der Waals surface area contributed by atoms with Crippen LogP contribution in [0.15, 0.2) is 27.1 Å². The molecule has 0 saturated carbocycles. The number of halogens is 2. The molecule has 1 aromatic carbocycles. The molecule has 1 aromatic rings. The second-order valence-electron chi connectivity index (χ2n) is 4.57. The first kappa shape index (κ1) is 15.0. The van der Waals surface area contributed by atoms with Gasteiger partial charge in [0.05, 0.1) is 11.7 Å². The van der Waals surface area contributed by atoms with E-state index in [1.165, 1.54) is 0 Å². The summed E-state index contributed by atoms with van der Waals surface area (Å²) in [5.41, 5.74) is 0.720. The van der Waals surface area contributed by atoms with Gasteiger partial charge in [-0.15, -0.1) is 0 Å². The minimum Gasteiger partial charge on any atom is -0.378 e. The quantitative estimate of drug-likeness (QED) is 0.784. The van der Waals surface area contributed by atoms with Gasteiger partial charge >= 0.3 is 0 Å². The maximum absolute atomic E-state index is 12.4. The highest BCUT2D eigenvalue weighted by atomic mass is 79.9. The molecule has 1 saturated heterocycles. The topological polar surface area (TPSA) is 29.5 Å². The summed E-state index contributed by atoms with van der Waals surface area (Å²) in [5.74, 6) is 0.0920. The van der Waals surface area contributed by atoms with E-state index in [1.54, 1.807) is 0 Å². The highest BCUT2D eigenvalue weighted by Gasteiger charge is 2.24. The molecule has 1 aliphatic rings. The number of piperidine rings is 1. The van der Waals surface area contributed by atoms with E-state index < -0.39 is 0 Å². The molecule has 19 heavy (non-hydrogen) atoms. The van der Waals surface area contributed by atoms with Crippen LogP contribution in [0.25, 0.3) is 0 Å². The van der Waals surface area contributed by atoms with Crippen molar-refractivity contribution in [3.05, 3.63) is 32.7 Å². The molecule has 0 spiro atoms. The van der Waals surface area contributed by atoms with Gasteiger partial charge < -0.3 is 9.64 Å². The lowest BCUT2D eigenvalue weighted by Crippen LogP contribution is -2.41. The summed E-state index contributed by atoms with van der Waals surface area (Å²) < 4.78 is 7.40. The third-order valence-electron chi connectivity index (χ3n) is 3.29. The van der Waals surface area contributed by atoms with Crippen molar-refractivity contribution in [1.82, 2.24) is 4.90 Å². The fraction of sp³-hybridized carbons (Fsp3) is 0.500. The van der Waals surface area contributed by atoms with Crippen LogP contribution in [0.3, 0.4) is 0 Å². The first-order chi connectivity index (χ1) is 9.11. The Morgan fingerprint density at radius 1 is 1.37 bits per heavy atom. The van der Waals surface area contributed by atoms with Gasteiger partial charge in [-0.25, -0.2) is 0 Å². The summed E-state index contributed by atoms with van der Waals surface area (Å²) in [6.45, 7) is 4.30. The third-order valence-corrected chi connectivity index (χ3v) is 4.44. The number of carbonyl (C=O) groups excluding carboxylic acids is 1. The summed E-state index contributed by atoms with van der Waals surface area (Å²) in [6, 6.07) is 5.65. The number of rotatable bonds is 3. The molecule has 0 atom stereocenters. The van der Waals surface area contributed by atoms with Gasteiger partial charge in [-0.2, -0.15) is 0 Å². The zero-order chi connectivity index (χ0) is 13.8. The smallest absolute Gasteiger partial charge is 0.255 e. The summed E-state index contributed by atoms with van der Waals surface area (Å²) in [4.78, 5) is 14.3. The SMILES string of the molecule is CCOC1CCN(C(=O)c2ccc(Br)cc2Br)CC1. The number of nitrogens with zero attached hydrogens (tertiary/aromatic N) is 1. The van der Waals surface area contributed by atoms with Crippen LogP contribution in [0.2, 0.25) is 0 Å². The van der Waals surface area contributed by atoms with E-state index in [1.807, 2.05) is 30.0 Å². The van der Waals surface area contributed by atoms with Gasteiger partial charge in [-0.3, -0.25) is 4.79 Å². The average molecular weight is 391 g/mol. The summed E-state index contributed by atoms with van der Waals surface area (Å²) >= 11 is 6.84. The third kappa shape index (κ3) is 3.80. The Morgan fingerprint density at radius 2 is 2.05 bits per heavy atom. The summed E-state index contributed by atoms with van der Waals surface area (Å²) in [7, 11) is 0. The van der Waals surface area contributed by atoms with Crippen molar-refractivity contribution in [3.63, 3.8) is 0 Å². The van der Waals surface area contributed by atoms with E-state index >= 15 is 0 Å². The maximum atomic E-state index is 12.4. The molecule has 1 fully saturated rings. The molecular formula is C14H17Br2NO2.